The number of fused-ring (bicyclic) bond motifs is 1. The number of benzene rings is 1. The molecular weight excluding hydrogens is 334 g/mol. The molecule has 0 saturated carbocycles. The van der Waals surface area contributed by atoms with Crippen LogP contribution in [0.4, 0.5) is 0 Å². The molecule has 0 bridgehead atoms. The number of morpholine rings is 1. The smallest absolute Gasteiger partial charge is 0.254 e. The third-order valence-electron chi connectivity index (χ3n) is 4.36. The first kappa shape index (κ1) is 16.7. The summed E-state index contributed by atoms with van der Waals surface area (Å²) in [5.41, 5.74) is 3.04. The van der Waals surface area contributed by atoms with Crippen molar-refractivity contribution < 1.29 is 9.53 Å². The van der Waals surface area contributed by atoms with Gasteiger partial charge >= 0.3 is 0 Å². The van der Waals surface area contributed by atoms with E-state index in [9.17, 15) is 4.79 Å². The molecule has 1 unspecified atom stereocenters. The number of hydrogen-bond donors (Lipinski definition) is 2. The van der Waals surface area contributed by atoms with E-state index >= 15 is 0 Å². The third kappa shape index (κ3) is 3.31. The van der Waals surface area contributed by atoms with Gasteiger partial charge in [0.2, 0.25) is 0 Å². The molecule has 1 amide bonds. The maximum Gasteiger partial charge on any atom is 0.254 e. The number of ether oxygens (including phenoxy) is 1. The normalized spacial score (nSPS) is 18.0. The summed E-state index contributed by atoms with van der Waals surface area (Å²) in [6.07, 6.45) is 1.57. The van der Waals surface area contributed by atoms with E-state index in [1.54, 1.807) is 23.1 Å². The highest BCUT2D eigenvalue weighted by molar-refractivity contribution is 5.97. The van der Waals surface area contributed by atoms with Crippen LogP contribution in [0, 0.1) is 0 Å². The quantitative estimate of drug-likeness (QED) is 0.722. The lowest BCUT2D eigenvalue weighted by Crippen LogP contribution is -2.42. The molecule has 2 N–H and O–H groups in total. The standard InChI is InChI=1S/C17H21N7O2/c1-23(2)9-12-8-18-16(19-12)15-10-24(5-6-26-15)17(25)11-3-4-13-14(7-11)21-22-20-13/h3-4,7-8,15H,5-6,9-10H2,1-2H3,(H,18,19)(H,20,21,22). The third-order valence-corrected chi connectivity index (χ3v) is 4.36. The first-order valence-corrected chi connectivity index (χ1v) is 8.50. The maximum absolute atomic E-state index is 12.9. The van der Waals surface area contributed by atoms with Gasteiger partial charge in [-0.3, -0.25) is 4.79 Å². The van der Waals surface area contributed by atoms with Crippen molar-refractivity contribution in [1.29, 1.82) is 0 Å². The van der Waals surface area contributed by atoms with Crippen molar-refractivity contribution >= 4 is 16.9 Å². The second kappa shape index (κ2) is 6.85. The second-order valence-electron chi connectivity index (χ2n) is 6.67. The zero-order chi connectivity index (χ0) is 18.1. The average Bonchev–Trinajstić information content (AvgIpc) is 3.29. The number of rotatable bonds is 4. The monoisotopic (exact) mass is 355 g/mol. The number of hydrogen-bond acceptors (Lipinski definition) is 6. The number of nitrogens with one attached hydrogen (secondary N) is 2. The van der Waals surface area contributed by atoms with Gasteiger partial charge in [0.05, 0.1) is 13.2 Å². The maximum atomic E-state index is 12.9. The summed E-state index contributed by atoms with van der Waals surface area (Å²) in [5, 5.41) is 10.6. The Balaban J connectivity index is 1.48. The SMILES string of the molecule is CN(C)Cc1cnc(C2CN(C(=O)c3ccc4n[nH]nc4c3)CCO2)[nH]1. The Morgan fingerprint density at radius 1 is 1.35 bits per heavy atom. The summed E-state index contributed by atoms with van der Waals surface area (Å²) in [5.74, 6) is 0.717. The highest BCUT2D eigenvalue weighted by Crippen LogP contribution is 2.22. The predicted octanol–water partition coefficient (Wildman–Crippen LogP) is 0.956. The molecule has 3 heterocycles. The molecule has 9 nitrogen and oxygen atoms in total. The largest absolute Gasteiger partial charge is 0.367 e. The van der Waals surface area contributed by atoms with Crippen LogP contribution in [0.15, 0.2) is 24.4 Å². The molecule has 1 aliphatic rings. The lowest BCUT2D eigenvalue weighted by molar-refractivity contribution is -0.0265. The number of aromatic amines is 2. The van der Waals surface area contributed by atoms with Crippen LogP contribution in [-0.2, 0) is 11.3 Å². The first-order valence-electron chi connectivity index (χ1n) is 8.50. The number of carbonyl (C=O) groups is 1. The van der Waals surface area contributed by atoms with Crippen LogP contribution in [0.25, 0.3) is 11.0 Å². The molecule has 2 aromatic heterocycles. The van der Waals surface area contributed by atoms with Gasteiger partial charge in [-0.1, -0.05) is 0 Å². The highest BCUT2D eigenvalue weighted by atomic mass is 16.5. The fourth-order valence-corrected chi connectivity index (χ4v) is 3.12. The molecule has 136 valence electrons. The van der Waals surface area contributed by atoms with Crippen LogP contribution in [0.1, 0.15) is 28.0 Å². The minimum atomic E-state index is -0.251. The van der Waals surface area contributed by atoms with E-state index in [4.69, 9.17) is 4.74 Å². The molecule has 0 spiro atoms. The fraction of sp³-hybridized carbons (Fsp3) is 0.412. The lowest BCUT2D eigenvalue weighted by Gasteiger charge is -2.32. The van der Waals surface area contributed by atoms with Gasteiger partial charge in [0, 0.05) is 30.5 Å². The van der Waals surface area contributed by atoms with Crippen LogP contribution >= 0.6 is 0 Å². The average molecular weight is 355 g/mol. The van der Waals surface area contributed by atoms with Crippen molar-refractivity contribution in [2.75, 3.05) is 33.8 Å². The molecular formula is C17H21N7O2. The van der Waals surface area contributed by atoms with Gasteiger partial charge < -0.3 is 19.5 Å². The Hall–Kier alpha value is -2.78. The Morgan fingerprint density at radius 3 is 3.04 bits per heavy atom. The molecule has 0 radical (unpaired) electrons. The highest BCUT2D eigenvalue weighted by Gasteiger charge is 2.28. The summed E-state index contributed by atoms with van der Waals surface area (Å²) in [6, 6.07) is 5.33. The summed E-state index contributed by atoms with van der Waals surface area (Å²) in [4.78, 5) is 24.4. The molecule has 3 aromatic rings. The fourth-order valence-electron chi connectivity index (χ4n) is 3.12. The van der Waals surface area contributed by atoms with Crippen LogP contribution in [-0.4, -0.2) is 74.9 Å². The van der Waals surface area contributed by atoms with Crippen molar-refractivity contribution in [3.05, 3.63) is 41.5 Å². The van der Waals surface area contributed by atoms with E-state index in [2.05, 4.69) is 30.3 Å². The van der Waals surface area contributed by atoms with E-state index in [0.717, 1.165) is 23.6 Å². The van der Waals surface area contributed by atoms with Gasteiger partial charge in [-0.05, 0) is 32.3 Å². The van der Waals surface area contributed by atoms with E-state index in [1.807, 2.05) is 20.3 Å². The molecule has 9 heteroatoms. The Morgan fingerprint density at radius 2 is 2.19 bits per heavy atom. The number of H-pyrrole nitrogens is 2. The summed E-state index contributed by atoms with van der Waals surface area (Å²) < 4.78 is 5.83. The molecule has 4 rings (SSSR count). The van der Waals surface area contributed by atoms with E-state index in [1.165, 1.54) is 0 Å². The molecule has 1 saturated heterocycles. The summed E-state index contributed by atoms with van der Waals surface area (Å²) in [6.45, 7) is 2.27. The zero-order valence-corrected chi connectivity index (χ0v) is 14.8. The van der Waals surface area contributed by atoms with Gasteiger partial charge in [0.25, 0.3) is 5.91 Å². The van der Waals surface area contributed by atoms with Crippen molar-refractivity contribution in [3.63, 3.8) is 0 Å². The van der Waals surface area contributed by atoms with Gasteiger partial charge in [0.15, 0.2) is 0 Å². The minimum absolute atomic E-state index is 0.0386. The van der Waals surface area contributed by atoms with E-state index in [-0.39, 0.29) is 12.0 Å². The Kier molecular flexibility index (Phi) is 4.39. The number of nitrogens with zero attached hydrogens (tertiary/aromatic N) is 5. The van der Waals surface area contributed by atoms with Gasteiger partial charge in [0.1, 0.15) is 23.0 Å². The van der Waals surface area contributed by atoms with Gasteiger partial charge in [-0.15, -0.1) is 0 Å². The number of imidazole rings is 1. The molecule has 1 atom stereocenters. The van der Waals surface area contributed by atoms with Crippen molar-refractivity contribution in [3.8, 4) is 0 Å². The van der Waals surface area contributed by atoms with Crippen LogP contribution in [0.2, 0.25) is 0 Å². The lowest BCUT2D eigenvalue weighted by atomic mass is 10.1. The van der Waals surface area contributed by atoms with Crippen molar-refractivity contribution in [2.45, 2.75) is 12.6 Å². The second-order valence-corrected chi connectivity index (χ2v) is 6.67. The predicted molar refractivity (Wildman–Crippen MR) is 94.5 cm³/mol. The van der Waals surface area contributed by atoms with E-state index < -0.39 is 0 Å². The summed E-state index contributed by atoms with van der Waals surface area (Å²) >= 11 is 0. The molecule has 1 fully saturated rings. The molecule has 26 heavy (non-hydrogen) atoms. The first-order chi connectivity index (χ1) is 12.6. The van der Waals surface area contributed by atoms with Gasteiger partial charge in [-0.2, -0.15) is 15.4 Å². The van der Waals surface area contributed by atoms with Crippen LogP contribution in [0.5, 0.6) is 0 Å². The van der Waals surface area contributed by atoms with Crippen LogP contribution < -0.4 is 0 Å². The zero-order valence-electron chi connectivity index (χ0n) is 14.8. The Labute approximate surface area is 150 Å². The van der Waals surface area contributed by atoms with Crippen molar-refractivity contribution in [1.82, 2.24) is 35.2 Å². The van der Waals surface area contributed by atoms with E-state index in [0.29, 0.717) is 30.8 Å². The van der Waals surface area contributed by atoms with Gasteiger partial charge in [-0.25, -0.2) is 4.98 Å². The minimum Gasteiger partial charge on any atom is -0.367 e. The number of amides is 1. The molecule has 0 aliphatic carbocycles. The van der Waals surface area contributed by atoms with Crippen molar-refractivity contribution in [2.24, 2.45) is 0 Å². The Bertz CT molecular complexity index is 917. The molecule has 1 aromatic carbocycles. The molecule has 1 aliphatic heterocycles. The number of carbonyl (C=O) groups excluding carboxylic acids is 1. The summed E-state index contributed by atoms with van der Waals surface area (Å²) in [7, 11) is 4.01. The van der Waals surface area contributed by atoms with Crippen LogP contribution in [0.3, 0.4) is 0 Å². The number of aromatic nitrogens is 5. The topological polar surface area (TPSA) is 103 Å².